The van der Waals surface area contributed by atoms with Crippen molar-refractivity contribution in [1.82, 2.24) is 30.0 Å². The molecule has 1 aliphatic heterocycles. The Hall–Kier alpha value is -2.80. The molecule has 3 aromatic rings. The number of nitrogens with zero attached hydrogens (tertiary/aromatic N) is 5. The summed E-state index contributed by atoms with van der Waals surface area (Å²) in [6, 6.07) is 6.00. The third-order valence-electron chi connectivity index (χ3n) is 4.74. The van der Waals surface area contributed by atoms with Crippen LogP contribution < -0.4 is 5.32 Å². The predicted molar refractivity (Wildman–Crippen MR) is 98.8 cm³/mol. The number of piperazine rings is 1. The van der Waals surface area contributed by atoms with Gasteiger partial charge in [0.15, 0.2) is 5.65 Å². The molecular formula is C19H22N6O. The Morgan fingerprint density at radius 3 is 2.96 bits per heavy atom. The van der Waals surface area contributed by atoms with E-state index in [0.717, 1.165) is 29.7 Å². The lowest BCUT2D eigenvalue weighted by atomic mass is 10.0. The van der Waals surface area contributed by atoms with Crippen LogP contribution in [-0.2, 0) is 0 Å². The molecule has 1 unspecified atom stereocenters. The minimum absolute atomic E-state index is 0.00736. The van der Waals surface area contributed by atoms with Crippen molar-refractivity contribution in [2.45, 2.75) is 25.9 Å². The fourth-order valence-electron chi connectivity index (χ4n) is 3.42. The number of hydrogen-bond donors (Lipinski definition) is 1. The molecule has 4 rings (SSSR count). The van der Waals surface area contributed by atoms with E-state index >= 15 is 0 Å². The fourth-order valence-corrected chi connectivity index (χ4v) is 3.42. The summed E-state index contributed by atoms with van der Waals surface area (Å²) < 4.78 is 1.87. The molecule has 7 heteroatoms. The van der Waals surface area contributed by atoms with Crippen LogP contribution in [0.25, 0.3) is 11.0 Å². The first kappa shape index (κ1) is 16.7. The molecule has 1 aliphatic rings. The van der Waals surface area contributed by atoms with Crippen molar-refractivity contribution in [1.29, 1.82) is 0 Å². The molecule has 4 heterocycles. The minimum Gasteiger partial charge on any atom is -0.329 e. The summed E-state index contributed by atoms with van der Waals surface area (Å²) in [5.74, 6) is -0.00736. The number of carbonyl (C=O) groups excluding carboxylic acids is 1. The second-order valence-corrected chi connectivity index (χ2v) is 6.82. The number of rotatable bonds is 3. The molecule has 0 saturated carbocycles. The number of pyridine rings is 2. The monoisotopic (exact) mass is 350 g/mol. The largest absolute Gasteiger partial charge is 0.329 e. The molecule has 0 bridgehead atoms. The molecule has 26 heavy (non-hydrogen) atoms. The van der Waals surface area contributed by atoms with Crippen molar-refractivity contribution in [3.63, 3.8) is 0 Å². The highest BCUT2D eigenvalue weighted by Gasteiger charge is 2.29. The predicted octanol–water partition coefficient (Wildman–Crippen LogP) is 2.19. The SMILES string of the molecule is CC(C)n1ncc2cc(C(=O)N3CCNCC3c3cccnc3)cnc21. The van der Waals surface area contributed by atoms with Gasteiger partial charge in [0.05, 0.1) is 17.8 Å². The molecule has 3 aromatic heterocycles. The molecule has 1 saturated heterocycles. The Morgan fingerprint density at radius 1 is 1.31 bits per heavy atom. The summed E-state index contributed by atoms with van der Waals surface area (Å²) in [6.45, 7) is 6.28. The van der Waals surface area contributed by atoms with Crippen LogP contribution in [0.2, 0.25) is 0 Å². The van der Waals surface area contributed by atoms with E-state index < -0.39 is 0 Å². The van der Waals surface area contributed by atoms with Crippen LogP contribution in [-0.4, -0.2) is 50.2 Å². The van der Waals surface area contributed by atoms with Crippen LogP contribution in [0.4, 0.5) is 0 Å². The number of hydrogen-bond acceptors (Lipinski definition) is 5. The zero-order valence-corrected chi connectivity index (χ0v) is 15.0. The van der Waals surface area contributed by atoms with E-state index in [2.05, 4.69) is 34.2 Å². The normalized spacial score (nSPS) is 17.8. The first-order valence-electron chi connectivity index (χ1n) is 8.90. The van der Waals surface area contributed by atoms with Gasteiger partial charge in [0.25, 0.3) is 5.91 Å². The highest BCUT2D eigenvalue weighted by molar-refractivity contribution is 5.97. The van der Waals surface area contributed by atoms with Gasteiger partial charge in [-0.3, -0.25) is 9.78 Å². The summed E-state index contributed by atoms with van der Waals surface area (Å²) in [6.07, 6.45) is 7.01. The smallest absolute Gasteiger partial charge is 0.256 e. The highest BCUT2D eigenvalue weighted by Crippen LogP contribution is 2.24. The van der Waals surface area contributed by atoms with Gasteiger partial charge >= 0.3 is 0 Å². The summed E-state index contributed by atoms with van der Waals surface area (Å²) >= 11 is 0. The van der Waals surface area contributed by atoms with Crippen molar-refractivity contribution in [2.75, 3.05) is 19.6 Å². The number of aromatic nitrogens is 4. The second-order valence-electron chi connectivity index (χ2n) is 6.82. The van der Waals surface area contributed by atoms with Crippen molar-refractivity contribution in [3.05, 3.63) is 54.1 Å². The van der Waals surface area contributed by atoms with Gasteiger partial charge in [-0.15, -0.1) is 0 Å². The molecule has 134 valence electrons. The number of carbonyl (C=O) groups is 1. The minimum atomic E-state index is -0.0287. The number of amides is 1. The van der Waals surface area contributed by atoms with Crippen molar-refractivity contribution >= 4 is 16.9 Å². The number of fused-ring (bicyclic) bond motifs is 1. The standard InChI is InChI=1S/C19H22N6O/c1-13(2)25-18-15(11-23-25)8-16(10-22-18)19(26)24-7-6-21-12-17(24)14-4-3-5-20-9-14/h3-5,8-11,13,17,21H,6-7,12H2,1-2H3. The zero-order valence-electron chi connectivity index (χ0n) is 15.0. The Balaban J connectivity index is 1.66. The van der Waals surface area contributed by atoms with Crippen LogP contribution in [0.1, 0.15) is 41.9 Å². The average molecular weight is 350 g/mol. The Bertz CT molecular complexity index is 920. The molecule has 0 spiro atoms. The molecular weight excluding hydrogens is 328 g/mol. The van der Waals surface area contributed by atoms with Gasteiger partial charge in [-0.25, -0.2) is 9.67 Å². The molecule has 7 nitrogen and oxygen atoms in total. The Morgan fingerprint density at radius 2 is 2.19 bits per heavy atom. The van der Waals surface area contributed by atoms with Gasteiger partial charge in [-0.2, -0.15) is 5.10 Å². The molecule has 1 N–H and O–H groups in total. The van der Waals surface area contributed by atoms with Gasteiger partial charge in [0, 0.05) is 49.7 Å². The van der Waals surface area contributed by atoms with Gasteiger partial charge in [-0.1, -0.05) is 6.07 Å². The summed E-state index contributed by atoms with van der Waals surface area (Å²) in [5.41, 5.74) is 2.44. The lowest BCUT2D eigenvalue weighted by Crippen LogP contribution is -2.48. The van der Waals surface area contributed by atoms with Gasteiger partial charge in [-0.05, 0) is 31.5 Å². The van der Waals surface area contributed by atoms with Crippen LogP contribution in [0, 0.1) is 0 Å². The molecule has 1 fully saturated rings. The Kier molecular flexibility index (Phi) is 4.38. The van der Waals surface area contributed by atoms with Gasteiger partial charge in [0.2, 0.25) is 0 Å². The molecule has 0 aromatic carbocycles. The summed E-state index contributed by atoms with van der Waals surface area (Å²) in [5, 5.41) is 8.63. The van der Waals surface area contributed by atoms with E-state index in [1.807, 2.05) is 34.0 Å². The van der Waals surface area contributed by atoms with Gasteiger partial charge in [0.1, 0.15) is 0 Å². The van der Waals surface area contributed by atoms with E-state index in [-0.39, 0.29) is 18.0 Å². The fraction of sp³-hybridized carbons (Fsp3) is 0.368. The third kappa shape index (κ3) is 2.94. The lowest BCUT2D eigenvalue weighted by Gasteiger charge is -2.36. The summed E-state index contributed by atoms with van der Waals surface area (Å²) in [4.78, 5) is 23.8. The molecule has 0 aliphatic carbocycles. The van der Waals surface area contributed by atoms with E-state index in [4.69, 9.17) is 0 Å². The second kappa shape index (κ2) is 6.84. The van der Waals surface area contributed by atoms with E-state index in [1.54, 1.807) is 18.6 Å². The molecule has 1 atom stereocenters. The van der Waals surface area contributed by atoms with Crippen LogP contribution in [0.15, 0.2) is 43.0 Å². The number of nitrogens with one attached hydrogen (secondary N) is 1. The maximum absolute atomic E-state index is 13.2. The zero-order chi connectivity index (χ0) is 18.1. The van der Waals surface area contributed by atoms with E-state index in [0.29, 0.717) is 12.1 Å². The van der Waals surface area contributed by atoms with Gasteiger partial charge < -0.3 is 10.2 Å². The Labute approximate surface area is 152 Å². The molecule has 0 radical (unpaired) electrons. The summed E-state index contributed by atoms with van der Waals surface area (Å²) in [7, 11) is 0. The van der Waals surface area contributed by atoms with Crippen LogP contribution in [0.5, 0.6) is 0 Å². The topological polar surface area (TPSA) is 75.9 Å². The van der Waals surface area contributed by atoms with Crippen LogP contribution in [0.3, 0.4) is 0 Å². The lowest BCUT2D eigenvalue weighted by molar-refractivity contribution is 0.0634. The maximum Gasteiger partial charge on any atom is 0.256 e. The van der Waals surface area contributed by atoms with Crippen molar-refractivity contribution in [2.24, 2.45) is 0 Å². The average Bonchev–Trinajstić information content (AvgIpc) is 3.11. The quantitative estimate of drug-likeness (QED) is 0.784. The maximum atomic E-state index is 13.2. The van der Waals surface area contributed by atoms with Crippen molar-refractivity contribution in [3.8, 4) is 0 Å². The third-order valence-corrected chi connectivity index (χ3v) is 4.74. The molecule has 1 amide bonds. The van der Waals surface area contributed by atoms with E-state index in [1.165, 1.54) is 0 Å². The van der Waals surface area contributed by atoms with E-state index in [9.17, 15) is 4.79 Å². The first-order chi connectivity index (χ1) is 12.6. The highest BCUT2D eigenvalue weighted by atomic mass is 16.2. The first-order valence-corrected chi connectivity index (χ1v) is 8.90. The van der Waals surface area contributed by atoms with Crippen LogP contribution >= 0.6 is 0 Å². The van der Waals surface area contributed by atoms with Crippen molar-refractivity contribution < 1.29 is 4.79 Å².